The van der Waals surface area contributed by atoms with Crippen molar-refractivity contribution in [2.75, 3.05) is 39.9 Å². The van der Waals surface area contributed by atoms with Crippen LogP contribution in [-0.2, 0) is 6.54 Å². The molecule has 27 heavy (non-hydrogen) atoms. The summed E-state index contributed by atoms with van der Waals surface area (Å²) in [7, 11) is 1.65. The van der Waals surface area contributed by atoms with Gasteiger partial charge < -0.3 is 14.4 Å². The molecule has 0 aromatic heterocycles. The smallest absolute Gasteiger partial charge is 0.161 e. The largest absolute Gasteiger partial charge is 0.493 e. The van der Waals surface area contributed by atoms with E-state index in [4.69, 9.17) is 21.1 Å². The average molecular weight is 389 g/mol. The van der Waals surface area contributed by atoms with Crippen LogP contribution in [-0.4, -0.2) is 51.1 Å². The SMILES string of the molecule is CCOc1ccc(/C=N\N2CC[NH+](Cc3ccccc3Cl)CC2)cc1OC. The zero-order valence-corrected chi connectivity index (χ0v) is 16.7. The Morgan fingerprint density at radius 3 is 2.63 bits per heavy atom. The van der Waals surface area contributed by atoms with E-state index < -0.39 is 0 Å². The number of ether oxygens (including phenoxy) is 2. The first kappa shape index (κ1) is 19.5. The van der Waals surface area contributed by atoms with Crippen LogP contribution >= 0.6 is 11.6 Å². The van der Waals surface area contributed by atoms with Gasteiger partial charge in [0.15, 0.2) is 11.5 Å². The molecule has 0 aliphatic carbocycles. The molecule has 144 valence electrons. The van der Waals surface area contributed by atoms with Crippen LogP contribution < -0.4 is 14.4 Å². The molecule has 6 heteroatoms. The van der Waals surface area contributed by atoms with Crippen LogP contribution in [0.2, 0.25) is 5.02 Å². The van der Waals surface area contributed by atoms with Gasteiger partial charge in [-0.2, -0.15) is 5.10 Å². The molecule has 2 aromatic carbocycles. The standard InChI is InChI=1S/C21H26ClN3O2/c1-3-27-20-9-8-17(14-21(20)26-2)15-23-25-12-10-24(11-13-25)16-18-6-4-5-7-19(18)22/h4-9,14-15H,3,10-13,16H2,1-2H3/p+1/b23-15-. The Labute approximate surface area is 166 Å². The average Bonchev–Trinajstić information content (AvgIpc) is 2.70. The molecule has 0 spiro atoms. The summed E-state index contributed by atoms with van der Waals surface area (Å²) in [6, 6.07) is 14.0. The molecule has 1 aliphatic rings. The van der Waals surface area contributed by atoms with Crippen LogP contribution in [0.5, 0.6) is 11.5 Å². The molecule has 0 saturated carbocycles. The number of rotatable bonds is 7. The first-order valence-electron chi connectivity index (χ1n) is 9.36. The van der Waals surface area contributed by atoms with Crippen LogP contribution in [0.4, 0.5) is 0 Å². The molecule has 0 bridgehead atoms. The highest BCUT2D eigenvalue weighted by Crippen LogP contribution is 2.27. The van der Waals surface area contributed by atoms with Crippen molar-refractivity contribution in [3.8, 4) is 11.5 Å². The fourth-order valence-corrected chi connectivity index (χ4v) is 3.40. The van der Waals surface area contributed by atoms with Crippen molar-refractivity contribution in [3.63, 3.8) is 0 Å². The van der Waals surface area contributed by atoms with Gasteiger partial charge in [-0.1, -0.05) is 29.8 Å². The van der Waals surface area contributed by atoms with Gasteiger partial charge in [-0.05, 0) is 36.8 Å². The van der Waals surface area contributed by atoms with E-state index >= 15 is 0 Å². The predicted octanol–water partition coefficient (Wildman–Crippen LogP) is 2.48. The van der Waals surface area contributed by atoms with Crippen molar-refractivity contribution < 1.29 is 14.4 Å². The van der Waals surface area contributed by atoms with Gasteiger partial charge in [0, 0.05) is 10.6 Å². The fourth-order valence-electron chi connectivity index (χ4n) is 3.20. The number of nitrogens with zero attached hydrogens (tertiary/aromatic N) is 2. The lowest BCUT2D eigenvalue weighted by Crippen LogP contribution is -3.13. The number of piperazine rings is 1. The second kappa shape index (κ2) is 9.62. The highest BCUT2D eigenvalue weighted by Gasteiger charge is 2.19. The molecule has 5 nitrogen and oxygen atoms in total. The van der Waals surface area contributed by atoms with Crippen molar-refractivity contribution in [2.45, 2.75) is 13.5 Å². The minimum absolute atomic E-state index is 0.616. The van der Waals surface area contributed by atoms with Crippen molar-refractivity contribution in [2.24, 2.45) is 5.10 Å². The van der Waals surface area contributed by atoms with Gasteiger partial charge in [-0.15, -0.1) is 0 Å². The van der Waals surface area contributed by atoms with E-state index in [0.717, 1.165) is 54.8 Å². The van der Waals surface area contributed by atoms with Crippen LogP contribution in [0.15, 0.2) is 47.6 Å². The highest BCUT2D eigenvalue weighted by molar-refractivity contribution is 6.31. The van der Waals surface area contributed by atoms with Gasteiger partial charge in [-0.3, -0.25) is 5.01 Å². The number of methoxy groups -OCH3 is 1. The van der Waals surface area contributed by atoms with Gasteiger partial charge in [0.2, 0.25) is 0 Å². The number of hydrazone groups is 1. The molecule has 2 aromatic rings. The minimum Gasteiger partial charge on any atom is -0.493 e. The molecular formula is C21H27ClN3O2+. The summed E-state index contributed by atoms with van der Waals surface area (Å²) in [4.78, 5) is 1.54. The van der Waals surface area contributed by atoms with Crippen LogP contribution in [0, 0.1) is 0 Å². The zero-order valence-electron chi connectivity index (χ0n) is 16.0. The molecule has 1 saturated heterocycles. The Morgan fingerprint density at radius 2 is 1.93 bits per heavy atom. The van der Waals surface area contributed by atoms with Crippen molar-refractivity contribution in [1.82, 2.24) is 5.01 Å². The van der Waals surface area contributed by atoms with Gasteiger partial charge in [-0.25, -0.2) is 0 Å². The maximum Gasteiger partial charge on any atom is 0.161 e. The number of quaternary nitrogens is 1. The third-order valence-corrected chi connectivity index (χ3v) is 5.07. The lowest BCUT2D eigenvalue weighted by Gasteiger charge is -2.30. The Kier molecular flexibility index (Phi) is 6.96. The quantitative estimate of drug-likeness (QED) is 0.740. The number of halogens is 1. The summed E-state index contributed by atoms with van der Waals surface area (Å²) >= 11 is 6.28. The van der Waals surface area contributed by atoms with Gasteiger partial charge in [0.25, 0.3) is 0 Å². The summed E-state index contributed by atoms with van der Waals surface area (Å²) in [6.07, 6.45) is 1.89. The van der Waals surface area contributed by atoms with Crippen molar-refractivity contribution in [1.29, 1.82) is 0 Å². The Bertz CT molecular complexity index is 774. The Morgan fingerprint density at radius 1 is 1.15 bits per heavy atom. The molecular weight excluding hydrogens is 362 g/mol. The lowest BCUT2D eigenvalue weighted by molar-refractivity contribution is -0.918. The van der Waals surface area contributed by atoms with E-state index in [1.807, 2.05) is 49.5 Å². The molecule has 0 atom stereocenters. The van der Waals surface area contributed by atoms with Gasteiger partial charge in [0.05, 0.1) is 46.1 Å². The second-order valence-corrected chi connectivity index (χ2v) is 6.97. The summed E-state index contributed by atoms with van der Waals surface area (Å²) in [5, 5.41) is 7.62. The molecule has 0 amide bonds. The normalized spacial score (nSPS) is 15.3. The number of nitrogens with one attached hydrogen (secondary N) is 1. The summed E-state index contributed by atoms with van der Waals surface area (Å²) in [6.45, 7) is 7.51. The van der Waals surface area contributed by atoms with E-state index in [2.05, 4.69) is 16.2 Å². The molecule has 0 radical (unpaired) electrons. The first-order chi connectivity index (χ1) is 13.2. The van der Waals surface area contributed by atoms with E-state index in [0.29, 0.717) is 6.61 Å². The van der Waals surface area contributed by atoms with Crippen molar-refractivity contribution in [3.05, 3.63) is 58.6 Å². The minimum atomic E-state index is 0.616. The van der Waals surface area contributed by atoms with E-state index in [-0.39, 0.29) is 0 Å². The van der Waals surface area contributed by atoms with Crippen LogP contribution in [0.3, 0.4) is 0 Å². The third kappa shape index (κ3) is 5.37. The Hall–Kier alpha value is -2.24. The van der Waals surface area contributed by atoms with E-state index in [1.165, 1.54) is 10.5 Å². The molecule has 0 unspecified atom stereocenters. The first-order valence-corrected chi connectivity index (χ1v) is 9.74. The number of hydrogen-bond acceptors (Lipinski definition) is 4. The van der Waals surface area contributed by atoms with Crippen LogP contribution in [0.1, 0.15) is 18.1 Å². The van der Waals surface area contributed by atoms with Gasteiger partial charge in [0.1, 0.15) is 6.54 Å². The molecule has 3 rings (SSSR count). The van der Waals surface area contributed by atoms with Crippen molar-refractivity contribution >= 4 is 17.8 Å². The predicted molar refractivity (Wildman–Crippen MR) is 109 cm³/mol. The topological polar surface area (TPSA) is 38.5 Å². The Balaban J connectivity index is 1.53. The zero-order chi connectivity index (χ0) is 19.1. The highest BCUT2D eigenvalue weighted by atomic mass is 35.5. The lowest BCUT2D eigenvalue weighted by atomic mass is 10.2. The molecule has 1 heterocycles. The summed E-state index contributed by atoms with van der Waals surface area (Å²) < 4.78 is 11.0. The van der Waals surface area contributed by atoms with Crippen LogP contribution in [0.25, 0.3) is 0 Å². The third-order valence-electron chi connectivity index (χ3n) is 4.70. The molecule has 1 fully saturated rings. The molecule has 1 N–H and O–H groups in total. The van der Waals surface area contributed by atoms with E-state index in [1.54, 1.807) is 7.11 Å². The number of benzene rings is 2. The fraction of sp³-hybridized carbons (Fsp3) is 0.381. The second-order valence-electron chi connectivity index (χ2n) is 6.56. The monoisotopic (exact) mass is 388 g/mol. The summed E-state index contributed by atoms with van der Waals surface area (Å²) in [5.74, 6) is 1.49. The maximum absolute atomic E-state index is 6.28. The maximum atomic E-state index is 6.28. The van der Waals surface area contributed by atoms with Gasteiger partial charge >= 0.3 is 0 Å². The molecule has 1 aliphatic heterocycles. The van der Waals surface area contributed by atoms with E-state index in [9.17, 15) is 0 Å². The number of hydrogen-bond donors (Lipinski definition) is 1. The summed E-state index contributed by atoms with van der Waals surface area (Å²) in [5.41, 5.74) is 2.22.